The summed E-state index contributed by atoms with van der Waals surface area (Å²) in [4.78, 5) is 11.5. The second-order valence-corrected chi connectivity index (χ2v) is 3.50. The Morgan fingerprint density at radius 3 is 3.20 bits per heavy atom. The number of carbonyl (C=O) groups is 1. The lowest BCUT2D eigenvalue weighted by Gasteiger charge is -2.09. The minimum absolute atomic E-state index is 0.0436. The van der Waals surface area contributed by atoms with Gasteiger partial charge in [-0.05, 0) is 23.3 Å². The number of allylic oxidation sites excluding steroid dienone is 1. The van der Waals surface area contributed by atoms with Crippen LogP contribution in [0.1, 0.15) is 19.3 Å². The van der Waals surface area contributed by atoms with Gasteiger partial charge in [0, 0.05) is 12.5 Å². The van der Waals surface area contributed by atoms with Crippen molar-refractivity contribution in [1.29, 1.82) is 0 Å². The Balaban J connectivity index is 1.70. The Morgan fingerprint density at radius 1 is 1.60 bits per heavy atom. The van der Waals surface area contributed by atoms with Crippen molar-refractivity contribution in [3.63, 3.8) is 0 Å². The third kappa shape index (κ3) is 2.87. The number of rotatable bonds is 4. The monoisotopic (exact) mass is 207 g/mol. The van der Waals surface area contributed by atoms with Crippen LogP contribution in [0.25, 0.3) is 0 Å². The van der Waals surface area contributed by atoms with E-state index in [1.165, 1.54) is 6.33 Å². The zero-order chi connectivity index (χ0) is 10.5. The van der Waals surface area contributed by atoms with Crippen LogP contribution >= 0.6 is 0 Å². The van der Waals surface area contributed by atoms with Crippen LogP contribution in [0, 0.1) is 0 Å². The number of hydrogen-bond donors (Lipinski definition) is 1. The third-order valence-corrected chi connectivity index (χ3v) is 2.32. The second-order valence-electron chi connectivity index (χ2n) is 3.50. The molecule has 80 valence electrons. The van der Waals surface area contributed by atoms with E-state index in [1.54, 1.807) is 4.68 Å². The summed E-state index contributed by atoms with van der Waals surface area (Å²) in [6, 6.07) is 0.214. The lowest BCUT2D eigenvalue weighted by atomic mass is 10.2. The van der Waals surface area contributed by atoms with Gasteiger partial charge in [0.1, 0.15) is 6.33 Å². The number of hydrogen-bond acceptors (Lipinski definition) is 4. The Labute approximate surface area is 87.4 Å². The van der Waals surface area contributed by atoms with E-state index in [9.17, 15) is 4.79 Å². The molecule has 1 amide bonds. The Hall–Kier alpha value is -1.72. The molecule has 0 fully saturated rings. The topological polar surface area (TPSA) is 72.7 Å². The predicted octanol–water partition coefficient (Wildman–Crippen LogP) is -0.102. The summed E-state index contributed by atoms with van der Waals surface area (Å²) >= 11 is 0. The highest BCUT2D eigenvalue weighted by Gasteiger charge is 2.11. The van der Waals surface area contributed by atoms with E-state index in [4.69, 9.17) is 0 Å². The first kappa shape index (κ1) is 9.82. The van der Waals surface area contributed by atoms with Gasteiger partial charge >= 0.3 is 0 Å². The molecule has 15 heavy (non-hydrogen) atoms. The molecule has 0 bridgehead atoms. The lowest BCUT2D eigenvalue weighted by molar-refractivity contribution is -0.121. The number of amides is 1. The van der Waals surface area contributed by atoms with E-state index in [0.29, 0.717) is 13.0 Å². The first-order valence-electron chi connectivity index (χ1n) is 5.01. The fraction of sp³-hybridized carbons (Fsp3) is 0.556. The number of aromatic nitrogens is 4. The van der Waals surface area contributed by atoms with E-state index < -0.39 is 0 Å². The Kier molecular flexibility index (Phi) is 3.06. The number of nitrogens with zero attached hydrogens (tertiary/aromatic N) is 4. The highest BCUT2D eigenvalue weighted by atomic mass is 16.1. The van der Waals surface area contributed by atoms with E-state index in [-0.39, 0.29) is 11.9 Å². The van der Waals surface area contributed by atoms with Gasteiger partial charge in [-0.25, -0.2) is 4.68 Å². The van der Waals surface area contributed by atoms with Gasteiger partial charge in [-0.2, -0.15) is 0 Å². The van der Waals surface area contributed by atoms with Crippen LogP contribution in [0.3, 0.4) is 0 Å². The Morgan fingerprint density at radius 2 is 2.53 bits per heavy atom. The van der Waals surface area contributed by atoms with Crippen LogP contribution in [-0.4, -0.2) is 32.2 Å². The van der Waals surface area contributed by atoms with Crippen molar-refractivity contribution >= 4 is 5.91 Å². The van der Waals surface area contributed by atoms with Crippen LogP contribution in [0.15, 0.2) is 18.5 Å². The molecule has 1 atom stereocenters. The molecule has 0 radical (unpaired) electrons. The molecule has 6 heteroatoms. The maximum Gasteiger partial charge on any atom is 0.222 e. The molecule has 2 rings (SSSR count). The molecule has 1 aliphatic rings. The van der Waals surface area contributed by atoms with Crippen molar-refractivity contribution in [2.45, 2.75) is 31.8 Å². The summed E-state index contributed by atoms with van der Waals surface area (Å²) in [5.41, 5.74) is 0. The average molecular weight is 207 g/mol. The first-order chi connectivity index (χ1) is 7.34. The van der Waals surface area contributed by atoms with Gasteiger partial charge in [-0.3, -0.25) is 4.79 Å². The second kappa shape index (κ2) is 4.68. The van der Waals surface area contributed by atoms with Crippen LogP contribution in [0.2, 0.25) is 0 Å². The van der Waals surface area contributed by atoms with Gasteiger partial charge in [0.2, 0.25) is 5.91 Å². The first-order valence-corrected chi connectivity index (χ1v) is 5.01. The molecule has 1 heterocycles. The molecule has 1 aromatic heterocycles. The van der Waals surface area contributed by atoms with Crippen molar-refractivity contribution in [2.75, 3.05) is 0 Å². The summed E-state index contributed by atoms with van der Waals surface area (Å²) in [6.07, 6.45) is 8.11. The van der Waals surface area contributed by atoms with E-state index in [2.05, 4.69) is 26.9 Å². The molecule has 1 aromatic rings. The molecule has 6 nitrogen and oxygen atoms in total. The van der Waals surface area contributed by atoms with Gasteiger partial charge in [0.25, 0.3) is 0 Å². The molecule has 1 unspecified atom stereocenters. The smallest absolute Gasteiger partial charge is 0.222 e. The molecular weight excluding hydrogens is 194 g/mol. The largest absolute Gasteiger partial charge is 0.350 e. The summed E-state index contributed by atoms with van der Waals surface area (Å²) in [5, 5.41) is 13.6. The normalized spacial score (nSPS) is 19.3. The van der Waals surface area contributed by atoms with Crippen molar-refractivity contribution in [3.05, 3.63) is 18.5 Å². The van der Waals surface area contributed by atoms with Crippen molar-refractivity contribution in [2.24, 2.45) is 0 Å². The summed E-state index contributed by atoms with van der Waals surface area (Å²) in [7, 11) is 0. The summed E-state index contributed by atoms with van der Waals surface area (Å²) in [5.74, 6) is 0.0436. The van der Waals surface area contributed by atoms with Crippen LogP contribution in [0.5, 0.6) is 0 Å². The standard InChI is InChI=1S/C9H13N5O/c15-9(11-8-3-1-2-4-8)5-6-14-7-10-12-13-14/h1,3,7-8H,2,4-6H2,(H,11,15). The summed E-state index contributed by atoms with van der Waals surface area (Å²) < 4.78 is 1.55. The molecule has 0 aromatic carbocycles. The molecule has 0 saturated heterocycles. The highest BCUT2D eigenvalue weighted by molar-refractivity contribution is 5.76. The summed E-state index contributed by atoms with van der Waals surface area (Å²) in [6.45, 7) is 0.523. The zero-order valence-corrected chi connectivity index (χ0v) is 8.33. The van der Waals surface area contributed by atoms with Gasteiger partial charge in [0.05, 0.1) is 6.54 Å². The molecule has 1 aliphatic carbocycles. The maximum atomic E-state index is 11.5. The quantitative estimate of drug-likeness (QED) is 0.700. The van der Waals surface area contributed by atoms with Crippen LogP contribution in [0.4, 0.5) is 0 Å². The molecule has 0 aliphatic heterocycles. The van der Waals surface area contributed by atoms with Crippen molar-refractivity contribution < 1.29 is 4.79 Å². The van der Waals surface area contributed by atoms with E-state index in [1.807, 2.05) is 6.08 Å². The third-order valence-electron chi connectivity index (χ3n) is 2.32. The number of aryl methyl sites for hydroxylation is 1. The van der Waals surface area contributed by atoms with E-state index in [0.717, 1.165) is 12.8 Å². The highest BCUT2D eigenvalue weighted by Crippen LogP contribution is 2.08. The van der Waals surface area contributed by atoms with E-state index >= 15 is 0 Å². The SMILES string of the molecule is O=C(CCn1cnnn1)NC1C=CCC1. The molecule has 0 spiro atoms. The lowest BCUT2D eigenvalue weighted by Crippen LogP contribution is -2.32. The van der Waals surface area contributed by atoms with Gasteiger partial charge in [-0.15, -0.1) is 5.10 Å². The zero-order valence-electron chi connectivity index (χ0n) is 8.33. The number of nitrogens with one attached hydrogen (secondary N) is 1. The fourth-order valence-corrected chi connectivity index (χ4v) is 1.53. The molecule has 1 N–H and O–H groups in total. The van der Waals surface area contributed by atoms with Gasteiger partial charge in [0.15, 0.2) is 0 Å². The Bertz CT molecular complexity index is 345. The minimum Gasteiger partial charge on any atom is -0.350 e. The maximum absolute atomic E-state index is 11.5. The average Bonchev–Trinajstić information content (AvgIpc) is 2.86. The van der Waals surface area contributed by atoms with Crippen LogP contribution < -0.4 is 5.32 Å². The number of carbonyl (C=O) groups excluding carboxylic acids is 1. The van der Waals surface area contributed by atoms with Crippen LogP contribution in [-0.2, 0) is 11.3 Å². The number of tetrazole rings is 1. The molecular formula is C9H13N5O. The van der Waals surface area contributed by atoms with Gasteiger partial charge in [-0.1, -0.05) is 12.2 Å². The predicted molar refractivity (Wildman–Crippen MR) is 52.7 cm³/mol. The molecule has 0 saturated carbocycles. The van der Waals surface area contributed by atoms with Crippen molar-refractivity contribution in [1.82, 2.24) is 25.5 Å². The fourth-order valence-electron chi connectivity index (χ4n) is 1.53. The van der Waals surface area contributed by atoms with Gasteiger partial charge < -0.3 is 5.32 Å². The minimum atomic E-state index is 0.0436. The van der Waals surface area contributed by atoms with Crippen molar-refractivity contribution in [3.8, 4) is 0 Å².